The van der Waals surface area contributed by atoms with Crippen molar-refractivity contribution in [3.05, 3.63) is 35.6 Å². The summed E-state index contributed by atoms with van der Waals surface area (Å²) >= 11 is 4.51. The number of nitrogens with zero attached hydrogens (tertiary/aromatic N) is 1. The monoisotopic (exact) mass is 283 g/mol. The number of hydrogen-bond donors (Lipinski definition) is 1. The van der Waals surface area contributed by atoms with Crippen LogP contribution in [0.15, 0.2) is 24.3 Å². The first-order chi connectivity index (χ1) is 9.15. The van der Waals surface area contributed by atoms with Gasteiger partial charge in [0, 0.05) is 31.9 Å². The maximum absolute atomic E-state index is 13.6. The normalized spacial score (nSPS) is 18.7. The summed E-state index contributed by atoms with van der Waals surface area (Å²) in [5, 5.41) is 0. The molecule has 0 atom stereocenters. The van der Waals surface area contributed by atoms with Crippen molar-refractivity contribution in [3.8, 4) is 0 Å². The first-order valence-electron chi connectivity index (χ1n) is 6.76. The molecule has 0 radical (unpaired) electrons. The maximum Gasteiger partial charge on any atom is 0.127 e. The SMILES string of the molecule is CN(Cc1ccccc1F)CC1(CS)CCOCC1. The minimum atomic E-state index is -0.124. The van der Waals surface area contributed by atoms with Gasteiger partial charge in [0.25, 0.3) is 0 Å². The molecule has 0 saturated carbocycles. The van der Waals surface area contributed by atoms with Crippen molar-refractivity contribution in [2.75, 3.05) is 32.6 Å². The van der Waals surface area contributed by atoms with E-state index in [0.717, 1.165) is 43.9 Å². The van der Waals surface area contributed by atoms with E-state index in [0.29, 0.717) is 6.54 Å². The topological polar surface area (TPSA) is 12.5 Å². The van der Waals surface area contributed by atoms with Crippen molar-refractivity contribution in [2.24, 2.45) is 5.41 Å². The minimum absolute atomic E-state index is 0.124. The Bertz CT molecular complexity index is 407. The van der Waals surface area contributed by atoms with Gasteiger partial charge in [-0.2, -0.15) is 12.6 Å². The Morgan fingerprint density at radius 1 is 1.32 bits per heavy atom. The molecule has 1 aromatic rings. The molecule has 2 rings (SSSR count). The molecule has 1 heterocycles. The molecule has 0 spiro atoms. The minimum Gasteiger partial charge on any atom is -0.381 e. The Morgan fingerprint density at radius 2 is 2.00 bits per heavy atom. The Hall–Kier alpha value is -0.580. The summed E-state index contributed by atoms with van der Waals surface area (Å²) in [6.07, 6.45) is 2.08. The van der Waals surface area contributed by atoms with Crippen molar-refractivity contribution in [1.82, 2.24) is 4.90 Å². The molecule has 0 bridgehead atoms. The summed E-state index contributed by atoms with van der Waals surface area (Å²) < 4.78 is 19.1. The molecule has 0 amide bonds. The lowest BCUT2D eigenvalue weighted by Gasteiger charge is -2.39. The predicted molar refractivity (Wildman–Crippen MR) is 79.1 cm³/mol. The van der Waals surface area contributed by atoms with Gasteiger partial charge in [0.1, 0.15) is 5.82 Å². The van der Waals surface area contributed by atoms with Crippen LogP contribution >= 0.6 is 12.6 Å². The number of ether oxygens (including phenoxy) is 1. The highest BCUT2D eigenvalue weighted by molar-refractivity contribution is 7.80. The van der Waals surface area contributed by atoms with Gasteiger partial charge in [0.2, 0.25) is 0 Å². The summed E-state index contributed by atoms with van der Waals surface area (Å²) in [4.78, 5) is 2.19. The molecule has 1 aliphatic rings. The fraction of sp³-hybridized carbons (Fsp3) is 0.600. The predicted octanol–water partition coefficient (Wildman–Crippen LogP) is 2.98. The standard InChI is InChI=1S/C15H22FNOS/c1-17(10-13-4-2-3-5-14(13)16)11-15(12-19)6-8-18-9-7-15/h2-5,19H,6-12H2,1H3. The van der Waals surface area contributed by atoms with Crippen molar-refractivity contribution in [1.29, 1.82) is 0 Å². The highest BCUT2D eigenvalue weighted by Gasteiger charge is 2.32. The van der Waals surface area contributed by atoms with Crippen molar-refractivity contribution in [2.45, 2.75) is 19.4 Å². The van der Waals surface area contributed by atoms with Crippen LogP contribution in [0.25, 0.3) is 0 Å². The number of halogens is 1. The van der Waals surface area contributed by atoms with Gasteiger partial charge in [-0.1, -0.05) is 18.2 Å². The second-order valence-electron chi connectivity index (χ2n) is 5.53. The molecular formula is C15H22FNOS. The van der Waals surface area contributed by atoms with Gasteiger partial charge >= 0.3 is 0 Å². The zero-order valence-electron chi connectivity index (χ0n) is 11.4. The smallest absolute Gasteiger partial charge is 0.127 e. The van der Waals surface area contributed by atoms with Gasteiger partial charge in [0.15, 0.2) is 0 Å². The van der Waals surface area contributed by atoms with E-state index in [1.807, 2.05) is 19.2 Å². The Labute approximate surface area is 120 Å². The molecule has 1 aliphatic heterocycles. The van der Waals surface area contributed by atoms with E-state index in [2.05, 4.69) is 17.5 Å². The van der Waals surface area contributed by atoms with Gasteiger partial charge in [0.05, 0.1) is 0 Å². The van der Waals surface area contributed by atoms with Crippen molar-refractivity contribution in [3.63, 3.8) is 0 Å². The van der Waals surface area contributed by atoms with E-state index in [4.69, 9.17) is 4.74 Å². The van der Waals surface area contributed by atoms with E-state index < -0.39 is 0 Å². The fourth-order valence-electron chi connectivity index (χ4n) is 2.72. The highest BCUT2D eigenvalue weighted by Crippen LogP contribution is 2.32. The molecular weight excluding hydrogens is 261 g/mol. The number of thiol groups is 1. The Balaban J connectivity index is 1.96. The summed E-state index contributed by atoms with van der Waals surface area (Å²) in [5.41, 5.74) is 0.966. The van der Waals surface area contributed by atoms with E-state index in [1.54, 1.807) is 6.07 Å². The van der Waals surface area contributed by atoms with Gasteiger partial charge in [-0.25, -0.2) is 4.39 Å². The second-order valence-corrected chi connectivity index (χ2v) is 5.85. The van der Waals surface area contributed by atoms with Crippen molar-refractivity contribution >= 4 is 12.6 Å². The summed E-state index contributed by atoms with van der Waals surface area (Å²) in [7, 11) is 2.05. The molecule has 0 N–H and O–H groups in total. The van der Waals surface area contributed by atoms with Gasteiger partial charge in [-0.3, -0.25) is 0 Å². The van der Waals surface area contributed by atoms with Crippen LogP contribution in [0.1, 0.15) is 18.4 Å². The molecule has 0 aliphatic carbocycles. The van der Waals surface area contributed by atoms with Crippen LogP contribution in [0.4, 0.5) is 4.39 Å². The molecule has 0 aromatic heterocycles. The van der Waals surface area contributed by atoms with Crippen LogP contribution < -0.4 is 0 Å². The number of rotatable bonds is 5. The lowest BCUT2D eigenvalue weighted by molar-refractivity contribution is 0.0104. The third-order valence-corrected chi connectivity index (χ3v) is 4.56. The van der Waals surface area contributed by atoms with E-state index >= 15 is 0 Å². The van der Waals surface area contributed by atoms with Crippen molar-refractivity contribution < 1.29 is 9.13 Å². The second kappa shape index (κ2) is 6.73. The molecule has 1 aromatic carbocycles. The molecule has 4 heteroatoms. The van der Waals surface area contributed by atoms with Crippen LogP contribution in [-0.2, 0) is 11.3 Å². The van der Waals surface area contributed by atoms with E-state index in [1.165, 1.54) is 6.07 Å². The zero-order valence-corrected chi connectivity index (χ0v) is 12.3. The number of hydrogen-bond acceptors (Lipinski definition) is 3. The van der Waals surface area contributed by atoms with Crippen LogP contribution in [0.2, 0.25) is 0 Å². The zero-order chi connectivity index (χ0) is 13.7. The lowest BCUT2D eigenvalue weighted by atomic mass is 9.81. The Morgan fingerprint density at radius 3 is 2.63 bits per heavy atom. The number of benzene rings is 1. The molecule has 1 fully saturated rings. The van der Waals surface area contributed by atoms with Crippen LogP contribution in [-0.4, -0.2) is 37.5 Å². The fourth-order valence-corrected chi connectivity index (χ4v) is 3.13. The third kappa shape index (κ3) is 3.94. The molecule has 1 saturated heterocycles. The van der Waals surface area contributed by atoms with Crippen LogP contribution in [0, 0.1) is 11.2 Å². The maximum atomic E-state index is 13.6. The summed E-state index contributed by atoms with van der Waals surface area (Å²) in [5.74, 6) is 0.735. The van der Waals surface area contributed by atoms with Gasteiger partial charge in [-0.15, -0.1) is 0 Å². The molecule has 19 heavy (non-hydrogen) atoms. The third-order valence-electron chi connectivity index (χ3n) is 3.89. The van der Waals surface area contributed by atoms with E-state index in [9.17, 15) is 4.39 Å². The first kappa shape index (κ1) is 14.8. The summed E-state index contributed by atoms with van der Waals surface area (Å²) in [6.45, 7) is 3.21. The highest BCUT2D eigenvalue weighted by atomic mass is 32.1. The van der Waals surface area contributed by atoms with Crippen LogP contribution in [0.3, 0.4) is 0 Å². The first-order valence-corrected chi connectivity index (χ1v) is 7.39. The largest absolute Gasteiger partial charge is 0.381 e. The summed E-state index contributed by atoms with van der Waals surface area (Å²) in [6, 6.07) is 6.98. The van der Waals surface area contributed by atoms with Gasteiger partial charge in [-0.05, 0) is 37.1 Å². The van der Waals surface area contributed by atoms with Crippen LogP contribution in [0.5, 0.6) is 0 Å². The lowest BCUT2D eigenvalue weighted by Crippen LogP contribution is -2.41. The molecule has 2 nitrogen and oxygen atoms in total. The molecule has 106 valence electrons. The average molecular weight is 283 g/mol. The van der Waals surface area contributed by atoms with Gasteiger partial charge < -0.3 is 9.64 Å². The molecule has 0 unspecified atom stereocenters. The quantitative estimate of drug-likeness (QED) is 0.834. The average Bonchev–Trinajstić information content (AvgIpc) is 2.42. The van der Waals surface area contributed by atoms with E-state index in [-0.39, 0.29) is 11.2 Å². The Kier molecular flexibility index (Phi) is 5.25.